The zero-order chi connectivity index (χ0) is 12.7. The molecule has 92 valence electrons. The van der Waals surface area contributed by atoms with Gasteiger partial charge in [0.15, 0.2) is 0 Å². The molecular formula is C12H11FN4S. The van der Waals surface area contributed by atoms with Crippen molar-refractivity contribution in [2.75, 3.05) is 12.4 Å². The Morgan fingerprint density at radius 2 is 2.22 bits per heavy atom. The number of nitrogens with zero attached hydrogens (tertiary/aromatic N) is 2. The van der Waals surface area contributed by atoms with Gasteiger partial charge in [0.2, 0.25) is 0 Å². The highest BCUT2D eigenvalue weighted by Crippen LogP contribution is 2.33. The van der Waals surface area contributed by atoms with Crippen molar-refractivity contribution in [1.82, 2.24) is 14.3 Å². The second kappa shape index (κ2) is 4.06. The number of hydrogen-bond acceptors (Lipinski definition) is 4. The van der Waals surface area contributed by atoms with Crippen molar-refractivity contribution in [3.63, 3.8) is 0 Å². The Bertz CT molecular complexity index is 716. The third kappa shape index (κ3) is 1.65. The monoisotopic (exact) mass is 262 g/mol. The van der Waals surface area contributed by atoms with Crippen molar-refractivity contribution in [1.29, 1.82) is 0 Å². The zero-order valence-electron chi connectivity index (χ0n) is 9.91. The van der Waals surface area contributed by atoms with Crippen LogP contribution < -0.4 is 5.32 Å². The van der Waals surface area contributed by atoms with Crippen LogP contribution in [0.1, 0.15) is 5.69 Å². The molecule has 0 amide bonds. The quantitative estimate of drug-likeness (QED) is 0.745. The third-order valence-corrected chi connectivity index (χ3v) is 3.73. The van der Waals surface area contributed by atoms with Crippen molar-refractivity contribution in [3.05, 3.63) is 29.7 Å². The van der Waals surface area contributed by atoms with E-state index in [0.717, 1.165) is 21.8 Å². The van der Waals surface area contributed by atoms with Gasteiger partial charge in [-0.2, -0.15) is 4.37 Å². The molecule has 3 rings (SSSR count). The first-order chi connectivity index (χ1) is 8.69. The third-order valence-electron chi connectivity index (χ3n) is 2.77. The molecule has 0 aliphatic rings. The fourth-order valence-electron chi connectivity index (χ4n) is 1.92. The molecule has 0 aliphatic heterocycles. The van der Waals surface area contributed by atoms with Crippen LogP contribution >= 0.6 is 11.5 Å². The molecule has 6 heteroatoms. The molecule has 2 N–H and O–H groups in total. The molecule has 18 heavy (non-hydrogen) atoms. The minimum atomic E-state index is -0.272. The summed E-state index contributed by atoms with van der Waals surface area (Å²) < 4.78 is 17.4. The number of H-pyrrole nitrogens is 1. The van der Waals surface area contributed by atoms with Crippen LogP contribution in [0.4, 0.5) is 9.39 Å². The Morgan fingerprint density at radius 1 is 1.39 bits per heavy atom. The number of halogens is 1. The number of imidazole rings is 1. The smallest absolute Gasteiger partial charge is 0.143 e. The molecule has 0 saturated carbocycles. The fourth-order valence-corrected chi connectivity index (χ4v) is 2.67. The summed E-state index contributed by atoms with van der Waals surface area (Å²) in [7, 11) is 1.85. The van der Waals surface area contributed by atoms with E-state index in [1.807, 2.05) is 14.0 Å². The van der Waals surface area contributed by atoms with Crippen LogP contribution in [0.3, 0.4) is 0 Å². The van der Waals surface area contributed by atoms with Crippen molar-refractivity contribution >= 4 is 27.6 Å². The molecule has 0 aliphatic carbocycles. The van der Waals surface area contributed by atoms with E-state index in [4.69, 9.17) is 0 Å². The first-order valence-corrected chi connectivity index (χ1v) is 6.26. The highest BCUT2D eigenvalue weighted by Gasteiger charge is 2.15. The van der Waals surface area contributed by atoms with Gasteiger partial charge < -0.3 is 10.3 Å². The lowest BCUT2D eigenvalue weighted by atomic mass is 10.2. The van der Waals surface area contributed by atoms with Crippen LogP contribution in [0.5, 0.6) is 0 Å². The number of aryl methyl sites for hydroxylation is 1. The van der Waals surface area contributed by atoms with E-state index >= 15 is 0 Å². The summed E-state index contributed by atoms with van der Waals surface area (Å²) in [5.41, 5.74) is 3.29. The summed E-state index contributed by atoms with van der Waals surface area (Å²) in [6.07, 6.45) is 0. The molecular weight excluding hydrogens is 251 g/mol. The van der Waals surface area contributed by atoms with E-state index < -0.39 is 0 Å². The summed E-state index contributed by atoms with van der Waals surface area (Å²) in [6, 6.07) is 4.52. The Balaban J connectivity index is 2.22. The Hall–Kier alpha value is -1.95. The Morgan fingerprint density at radius 3 is 3.00 bits per heavy atom. The molecule has 0 spiro atoms. The van der Waals surface area contributed by atoms with E-state index in [2.05, 4.69) is 19.7 Å². The summed E-state index contributed by atoms with van der Waals surface area (Å²) in [5, 5.41) is 4.04. The SMILES string of the molecule is CNc1snc(C)c1-c1nc2ccc(F)cc2[nH]1. The summed E-state index contributed by atoms with van der Waals surface area (Å²) >= 11 is 1.39. The van der Waals surface area contributed by atoms with Crippen LogP contribution in [0.2, 0.25) is 0 Å². The first-order valence-electron chi connectivity index (χ1n) is 5.48. The topological polar surface area (TPSA) is 53.6 Å². The normalized spacial score (nSPS) is 11.1. The van der Waals surface area contributed by atoms with Gasteiger partial charge in [0.05, 0.1) is 22.3 Å². The predicted molar refractivity (Wildman–Crippen MR) is 71.4 cm³/mol. The summed E-state index contributed by atoms with van der Waals surface area (Å²) in [5.74, 6) is 0.443. The molecule has 0 unspecified atom stereocenters. The van der Waals surface area contributed by atoms with Gasteiger partial charge in [-0.1, -0.05) is 0 Å². The molecule has 4 nitrogen and oxygen atoms in total. The lowest BCUT2D eigenvalue weighted by Gasteiger charge is -1.98. The summed E-state index contributed by atoms with van der Waals surface area (Å²) in [6.45, 7) is 1.93. The number of benzene rings is 1. The van der Waals surface area contributed by atoms with Crippen molar-refractivity contribution in [2.45, 2.75) is 6.92 Å². The lowest BCUT2D eigenvalue weighted by Crippen LogP contribution is -1.89. The number of rotatable bonds is 2. The molecule has 1 aromatic carbocycles. The van der Waals surface area contributed by atoms with Gasteiger partial charge >= 0.3 is 0 Å². The number of anilines is 1. The number of nitrogens with one attached hydrogen (secondary N) is 2. The van der Waals surface area contributed by atoms with Crippen LogP contribution in [0, 0.1) is 12.7 Å². The van der Waals surface area contributed by atoms with Gasteiger partial charge in [0.1, 0.15) is 16.6 Å². The summed E-state index contributed by atoms with van der Waals surface area (Å²) in [4.78, 5) is 7.60. The van der Waals surface area contributed by atoms with E-state index in [1.54, 1.807) is 6.07 Å². The number of aromatic nitrogens is 3. The zero-order valence-corrected chi connectivity index (χ0v) is 10.7. The molecule has 0 atom stereocenters. The molecule has 0 saturated heterocycles. The molecule has 2 aromatic heterocycles. The number of hydrogen-bond donors (Lipinski definition) is 2. The van der Waals surface area contributed by atoms with Crippen molar-refractivity contribution < 1.29 is 4.39 Å². The van der Waals surface area contributed by atoms with E-state index in [-0.39, 0.29) is 5.82 Å². The highest BCUT2D eigenvalue weighted by atomic mass is 32.1. The second-order valence-corrected chi connectivity index (χ2v) is 4.74. The maximum atomic E-state index is 13.1. The van der Waals surface area contributed by atoms with E-state index in [9.17, 15) is 4.39 Å². The molecule has 0 bridgehead atoms. The van der Waals surface area contributed by atoms with Gasteiger partial charge in [-0.15, -0.1) is 0 Å². The van der Waals surface area contributed by atoms with Crippen LogP contribution in [-0.2, 0) is 0 Å². The highest BCUT2D eigenvalue weighted by molar-refractivity contribution is 7.10. The number of fused-ring (bicyclic) bond motifs is 1. The minimum absolute atomic E-state index is 0.272. The van der Waals surface area contributed by atoms with Crippen LogP contribution in [-0.4, -0.2) is 21.4 Å². The van der Waals surface area contributed by atoms with Gasteiger partial charge in [0.25, 0.3) is 0 Å². The average molecular weight is 262 g/mol. The molecule has 2 heterocycles. The maximum absolute atomic E-state index is 13.1. The largest absolute Gasteiger partial charge is 0.378 e. The average Bonchev–Trinajstić information content (AvgIpc) is 2.91. The van der Waals surface area contributed by atoms with Crippen LogP contribution in [0.25, 0.3) is 22.4 Å². The van der Waals surface area contributed by atoms with Crippen molar-refractivity contribution in [2.24, 2.45) is 0 Å². The molecule has 0 radical (unpaired) electrons. The standard InChI is InChI=1S/C12H11FN4S/c1-6-10(12(14-2)18-17-6)11-15-8-4-3-7(13)5-9(8)16-11/h3-5,14H,1-2H3,(H,15,16). The lowest BCUT2D eigenvalue weighted by molar-refractivity contribution is 0.629. The first kappa shape index (κ1) is 11.2. The Labute approximate surface area is 107 Å². The fraction of sp³-hybridized carbons (Fsp3) is 0.167. The molecule has 3 aromatic rings. The predicted octanol–water partition coefficient (Wildman–Crippen LogP) is 3.18. The van der Waals surface area contributed by atoms with Gasteiger partial charge in [0, 0.05) is 7.05 Å². The Kier molecular flexibility index (Phi) is 2.52. The van der Waals surface area contributed by atoms with Crippen molar-refractivity contribution in [3.8, 4) is 11.4 Å². The number of aromatic amines is 1. The van der Waals surface area contributed by atoms with E-state index in [1.165, 1.54) is 23.7 Å². The van der Waals surface area contributed by atoms with Gasteiger partial charge in [-0.3, -0.25) is 0 Å². The second-order valence-electron chi connectivity index (χ2n) is 3.97. The van der Waals surface area contributed by atoms with Gasteiger partial charge in [-0.25, -0.2) is 9.37 Å². The van der Waals surface area contributed by atoms with E-state index in [0.29, 0.717) is 11.3 Å². The maximum Gasteiger partial charge on any atom is 0.143 e. The molecule has 0 fully saturated rings. The van der Waals surface area contributed by atoms with Gasteiger partial charge in [-0.05, 0) is 36.7 Å². The van der Waals surface area contributed by atoms with Crippen LogP contribution in [0.15, 0.2) is 18.2 Å². The minimum Gasteiger partial charge on any atom is -0.378 e.